The number of pyridine rings is 1. The molecule has 45 heavy (non-hydrogen) atoms. The summed E-state index contributed by atoms with van der Waals surface area (Å²) in [5.41, 5.74) is 3.73. The van der Waals surface area contributed by atoms with Crippen molar-refractivity contribution in [2.24, 2.45) is 5.41 Å². The van der Waals surface area contributed by atoms with Crippen LogP contribution in [0.1, 0.15) is 36.5 Å². The van der Waals surface area contributed by atoms with Gasteiger partial charge < -0.3 is 18.8 Å². The van der Waals surface area contributed by atoms with Gasteiger partial charge in [0, 0.05) is 50.9 Å². The van der Waals surface area contributed by atoms with E-state index in [-0.39, 0.29) is 35.7 Å². The van der Waals surface area contributed by atoms with Crippen LogP contribution in [0.2, 0.25) is 25.7 Å². The molecule has 0 unspecified atom stereocenters. The van der Waals surface area contributed by atoms with E-state index < -0.39 is 25.5 Å². The van der Waals surface area contributed by atoms with Crippen LogP contribution in [0, 0.1) is 35.3 Å². The van der Waals surface area contributed by atoms with Crippen LogP contribution >= 0.6 is 0 Å². The van der Waals surface area contributed by atoms with Gasteiger partial charge in [0.15, 0.2) is 17.4 Å². The van der Waals surface area contributed by atoms with Crippen LogP contribution < -0.4 is 4.74 Å². The van der Waals surface area contributed by atoms with Crippen molar-refractivity contribution < 1.29 is 27.8 Å². The van der Waals surface area contributed by atoms with E-state index in [0.29, 0.717) is 49.3 Å². The molecule has 0 bridgehead atoms. The fraction of sp³-hybridized carbons (Fsp3) is 0.400. The van der Waals surface area contributed by atoms with Gasteiger partial charge in [-0.2, -0.15) is 5.26 Å². The van der Waals surface area contributed by atoms with E-state index >= 15 is 8.78 Å². The smallest absolute Gasteiger partial charge is 0.198 e. The normalized spacial score (nSPS) is 14.3. The number of Topliss-reactive ketones (excluding diaryl/α,β-unsaturated/α-hetero) is 1. The minimum absolute atomic E-state index is 0.00601. The molecule has 2 aromatic heterocycles. The molecule has 0 radical (unpaired) electrons. The van der Waals surface area contributed by atoms with E-state index in [1.165, 1.54) is 6.20 Å². The monoisotopic (exact) mass is 631 g/mol. The molecule has 0 spiro atoms. The SMILES string of the molecule is Cc1cc(C#N)ccc1-c1cn(COCC[Si](C)(C)C)c2nccc(Oc3c(F)cc(CC(=O)CCC4(C)COC4)cc3F)c12. The maximum absolute atomic E-state index is 15.4. The van der Waals surface area contributed by atoms with E-state index in [0.717, 1.165) is 34.9 Å². The molecule has 5 rings (SSSR count). The Morgan fingerprint density at radius 1 is 1.13 bits per heavy atom. The number of rotatable bonds is 13. The van der Waals surface area contributed by atoms with Crippen molar-refractivity contribution in [3.05, 3.63) is 77.1 Å². The molecule has 7 nitrogen and oxygen atoms in total. The molecule has 1 saturated heterocycles. The third-order valence-corrected chi connectivity index (χ3v) is 9.88. The van der Waals surface area contributed by atoms with Gasteiger partial charge in [0.1, 0.15) is 23.9 Å². The predicted molar refractivity (Wildman–Crippen MR) is 172 cm³/mol. The summed E-state index contributed by atoms with van der Waals surface area (Å²) in [6.45, 7) is 12.9. The first kappa shape index (κ1) is 32.5. The van der Waals surface area contributed by atoms with Gasteiger partial charge in [0.25, 0.3) is 0 Å². The molecular formula is C35H39F2N3O4Si. The van der Waals surface area contributed by atoms with Crippen molar-refractivity contribution in [2.75, 3.05) is 19.8 Å². The van der Waals surface area contributed by atoms with Gasteiger partial charge in [-0.15, -0.1) is 0 Å². The number of carbonyl (C=O) groups excluding carboxylic acids is 1. The zero-order valence-corrected chi connectivity index (χ0v) is 27.5. The van der Waals surface area contributed by atoms with Crippen LogP contribution in [-0.2, 0) is 27.4 Å². The van der Waals surface area contributed by atoms with Crippen LogP contribution in [0.5, 0.6) is 11.5 Å². The van der Waals surface area contributed by atoms with E-state index in [2.05, 4.69) is 37.6 Å². The van der Waals surface area contributed by atoms with Crippen molar-refractivity contribution in [3.8, 4) is 28.7 Å². The second kappa shape index (κ2) is 13.2. The highest BCUT2D eigenvalue weighted by atomic mass is 28.3. The van der Waals surface area contributed by atoms with E-state index in [1.54, 1.807) is 18.2 Å². The standard InChI is InChI=1S/C35H39F2N3O4Si/c1-23-14-24(18-38)6-7-27(23)28-19-40(22-42-12-13-45(3,4)5)34-32(28)31(9-11-39-34)44-33-29(36)16-25(17-30(33)37)15-26(41)8-10-35(2)20-43-21-35/h6-7,9,11,14,16-17,19H,8,10,12-13,15,20-22H2,1-5H3. The molecule has 0 N–H and O–H groups in total. The maximum atomic E-state index is 15.4. The van der Waals surface area contributed by atoms with Crippen LogP contribution in [0.15, 0.2) is 48.8 Å². The third-order valence-electron chi connectivity index (χ3n) is 8.17. The van der Waals surface area contributed by atoms with Crippen molar-refractivity contribution in [2.45, 2.75) is 65.5 Å². The Bertz CT molecular complexity index is 1750. The maximum Gasteiger partial charge on any atom is 0.198 e. The highest BCUT2D eigenvalue weighted by Crippen LogP contribution is 2.40. The van der Waals surface area contributed by atoms with Crippen LogP contribution in [0.3, 0.4) is 0 Å². The van der Waals surface area contributed by atoms with E-state index in [1.807, 2.05) is 23.8 Å². The summed E-state index contributed by atoms with van der Waals surface area (Å²) >= 11 is 0. The lowest BCUT2D eigenvalue weighted by atomic mass is 9.82. The molecule has 0 saturated carbocycles. The molecule has 0 aliphatic carbocycles. The zero-order valence-electron chi connectivity index (χ0n) is 26.5. The number of nitriles is 1. The lowest BCUT2D eigenvalue weighted by Crippen LogP contribution is -2.40. The van der Waals surface area contributed by atoms with Gasteiger partial charge in [0.2, 0.25) is 0 Å². The quantitative estimate of drug-likeness (QED) is 0.109. The molecule has 0 atom stereocenters. The number of fused-ring (bicyclic) bond motifs is 1. The second-order valence-corrected chi connectivity index (χ2v) is 19.1. The van der Waals surface area contributed by atoms with Crippen molar-refractivity contribution in [1.29, 1.82) is 5.26 Å². The Labute approximate surface area is 263 Å². The molecule has 0 amide bonds. The summed E-state index contributed by atoms with van der Waals surface area (Å²) in [5.74, 6) is -2.21. The number of hydrogen-bond donors (Lipinski definition) is 0. The highest BCUT2D eigenvalue weighted by Gasteiger charge is 2.33. The fourth-order valence-electron chi connectivity index (χ4n) is 5.42. The zero-order chi connectivity index (χ0) is 32.4. The van der Waals surface area contributed by atoms with Crippen LogP contribution in [0.4, 0.5) is 8.78 Å². The van der Waals surface area contributed by atoms with Gasteiger partial charge >= 0.3 is 0 Å². The molecule has 4 aromatic rings. The van der Waals surface area contributed by atoms with Gasteiger partial charge in [-0.3, -0.25) is 4.79 Å². The first-order valence-corrected chi connectivity index (χ1v) is 18.9. The molecule has 3 heterocycles. The fourth-order valence-corrected chi connectivity index (χ4v) is 6.18. The van der Waals surface area contributed by atoms with Crippen LogP contribution in [0.25, 0.3) is 22.2 Å². The topological polar surface area (TPSA) is 86.4 Å². The molecule has 1 aliphatic heterocycles. The largest absolute Gasteiger partial charge is 0.450 e. The van der Waals surface area contributed by atoms with Crippen LogP contribution in [-0.4, -0.2) is 43.2 Å². The number of halogens is 2. The first-order valence-electron chi connectivity index (χ1n) is 15.2. The number of carbonyl (C=O) groups is 1. The van der Waals surface area contributed by atoms with E-state index in [9.17, 15) is 10.1 Å². The summed E-state index contributed by atoms with van der Waals surface area (Å²) in [5, 5.41) is 9.95. The number of nitrogens with zero attached hydrogens (tertiary/aromatic N) is 3. The minimum Gasteiger partial charge on any atom is -0.450 e. The Balaban J connectivity index is 1.45. The summed E-state index contributed by atoms with van der Waals surface area (Å²) in [4.78, 5) is 17.2. The number of aromatic nitrogens is 2. The summed E-state index contributed by atoms with van der Waals surface area (Å²) in [6, 6.07) is 12.4. The highest BCUT2D eigenvalue weighted by molar-refractivity contribution is 6.76. The summed E-state index contributed by atoms with van der Waals surface area (Å²) in [6.07, 6.45) is 4.37. The Hall–Kier alpha value is -3.91. The number of hydrogen-bond acceptors (Lipinski definition) is 6. The molecule has 236 valence electrons. The lowest BCUT2D eigenvalue weighted by molar-refractivity contribution is -0.125. The summed E-state index contributed by atoms with van der Waals surface area (Å²) in [7, 11) is -1.29. The van der Waals surface area contributed by atoms with Gasteiger partial charge in [0.05, 0.1) is 30.2 Å². The summed E-state index contributed by atoms with van der Waals surface area (Å²) < 4.78 is 49.9. The van der Waals surface area contributed by atoms with Gasteiger partial charge in [-0.25, -0.2) is 13.8 Å². The number of aryl methyl sites for hydroxylation is 1. The molecular weight excluding hydrogens is 592 g/mol. The minimum atomic E-state index is -1.29. The van der Waals surface area contributed by atoms with E-state index in [4.69, 9.17) is 14.2 Å². The van der Waals surface area contributed by atoms with Gasteiger partial charge in [-0.1, -0.05) is 32.6 Å². The average Bonchev–Trinajstić information content (AvgIpc) is 3.33. The Kier molecular flexibility index (Phi) is 9.54. The molecule has 10 heteroatoms. The van der Waals surface area contributed by atoms with Crippen molar-refractivity contribution >= 4 is 24.9 Å². The number of ether oxygens (including phenoxy) is 3. The Morgan fingerprint density at radius 2 is 1.87 bits per heavy atom. The Morgan fingerprint density at radius 3 is 2.49 bits per heavy atom. The molecule has 1 fully saturated rings. The molecule has 2 aromatic carbocycles. The van der Waals surface area contributed by atoms with Crippen molar-refractivity contribution in [3.63, 3.8) is 0 Å². The average molecular weight is 632 g/mol. The predicted octanol–water partition coefficient (Wildman–Crippen LogP) is 8.19. The number of benzene rings is 2. The number of ketones is 1. The van der Waals surface area contributed by atoms with Gasteiger partial charge in [-0.05, 0) is 66.4 Å². The second-order valence-electron chi connectivity index (χ2n) is 13.5. The first-order chi connectivity index (χ1) is 21.4. The third kappa shape index (κ3) is 7.67. The molecule has 1 aliphatic rings. The van der Waals surface area contributed by atoms with Crippen molar-refractivity contribution in [1.82, 2.24) is 9.55 Å². The lowest BCUT2D eigenvalue weighted by Gasteiger charge is -2.37.